The van der Waals surface area contributed by atoms with Crippen LogP contribution < -0.4 is 9.46 Å². The second-order valence-corrected chi connectivity index (χ2v) is 10.1. The molecule has 0 radical (unpaired) electrons. The Morgan fingerprint density at radius 2 is 1.76 bits per heavy atom. The molecule has 182 valence electrons. The van der Waals surface area contributed by atoms with E-state index in [1.54, 1.807) is 30.3 Å². The number of hydrogen-bond acceptors (Lipinski definition) is 8. The number of hydrogen-bond donors (Lipinski definition) is 4. The lowest BCUT2D eigenvalue weighted by molar-refractivity contribution is -0.292. The van der Waals surface area contributed by atoms with E-state index in [4.69, 9.17) is 25.8 Å². The predicted molar refractivity (Wildman–Crippen MR) is 122 cm³/mol. The van der Waals surface area contributed by atoms with E-state index >= 15 is 0 Å². The Hall–Kier alpha value is -1.76. The molecule has 5 atom stereocenters. The Balaban J connectivity index is 1.67. The minimum absolute atomic E-state index is 0.174. The highest BCUT2D eigenvalue weighted by Crippen LogP contribution is 2.34. The Morgan fingerprint density at radius 3 is 2.39 bits per heavy atom. The van der Waals surface area contributed by atoms with Gasteiger partial charge in [-0.25, -0.2) is 13.1 Å². The summed E-state index contributed by atoms with van der Waals surface area (Å²) in [6.45, 7) is 0.376. The lowest BCUT2D eigenvalue weighted by Crippen LogP contribution is -2.54. The lowest BCUT2D eigenvalue weighted by Gasteiger charge is -2.40. The van der Waals surface area contributed by atoms with Crippen LogP contribution in [0.1, 0.15) is 22.8 Å². The second-order valence-electron chi connectivity index (χ2n) is 7.82. The molecule has 1 aliphatic heterocycles. The third kappa shape index (κ3) is 6.87. The minimum atomic E-state index is -3.25. The van der Waals surface area contributed by atoms with Gasteiger partial charge >= 0.3 is 0 Å². The number of aliphatic hydroxyl groups is 3. The smallest absolute Gasteiger partial charge is 0.208 e. The molecule has 33 heavy (non-hydrogen) atoms. The van der Waals surface area contributed by atoms with Crippen molar-refractivity contribution in [2.45, 2.75) is 37.1 Å². The Labute approximate surface area is 197 Å². The highest BCUT2D eigenvalue weighted by molar-refractivity contribution is 7.88. The molecule has 11 heteroatoms. The van der Waals surface area contributed by atoms with Crippen LogP contribution in [-0.2, 0) is 25.9 Å². The maximum absolute atomic E-state index is 11.1. The first-order valence-electron chi connectivity index (χ1n) is 10.3. The van der Waals surface area contributed by atoms with Crippen LogP contribution in [0.15, 0.2) is 42.5 Å². The van der Waals surface area contributed by atoms with Crippen molar-refractivity contribution >= 4 is 21.6 Å². The predicted octanol–water partition coefficient (Wildman–Crippen LogP) is 0.985. The van der Waals surface area contributed by atoms with Crippen LogP contribution in [0, 0.1) is 0 Å². The maximum Gasteiger partial charge on any atom is 0.208 e. The van der Waals surface area contributed by atoms with Crippen molar-refractivity contribution in [3.8, 4) is 5.75 Å². The van der Waals surface area contributed by atoms with Crippen LogP contribution in [0.25, 0.3) is 0 Å². The largest absolute Gasteiger partial charge is 0.492 e. The highest BCUT2D eigenvalue weighted by atomic mass is 35.5. The van der Waals surface area contributed by atoms with E-state index in [-0.39, 0.29) is 13.2 Å². The van der Waals surface area contributed by atoms with Crippen molar-refractivity contribution in [3.05, 3.63) is 64.2 Å². The van der Waals surface area contributed by atoms with Crippen LogP contribution in [0.3, 0.4) is 0 Å². The molecule has 0 bridgehead atoms. The Bertz CT molecular complexity index is 1030. The van der Waals surface area contributed by atoms with Gasteiger partial charge in [0.15, 0.2) is 6.29 Å². The number of ether oxygens (including phenoxy) is 3. The maximum atomic E-state index is 11.1. The molecule has 3 rings (SSSR count). The molecule has 1 fully saturated rings. The van der Waals surface area contributed by atoms with E-state index in [2.05, 4.69) is 4.72 Å². The quantitative estimate of drug-likeness (QED) is 0.374. The fraction of sp³-hybridized carbons (Fsp3) is 0.455. The first-order chi connectivity index (χ1) is 15.6. The molecule has 1 unspecified atom stereocenters. The molecule has 1 heterocycles. The molecular weight excluding hydrogens is 474 g/mol. The first kappa shape index (κ1) is 25.9. The van der Waals surface area contributed by atoms with Gasteiger partial charge < -0.3 is 29.5 Å². The van der Waals surface area contributed by atoms with E-state index in [0.717, 1.165) is 17.4 Å². The normalized spacial score (nSPS) is 25.7. The molecule has 1 aliphatic rings. The van der Waals surface area contributed by atoms with Crippen molar-refractivity contribution in [1.29, 1.82) is 0 Å². The zero-order chi connectivity index (χ0) is 24.2. The van der Waals surface area contributed by atoms with Gasteiger partial charge in [0.05, 0.1) is 6.26 Å². The van der Waals surface area contributed by atoms with Gasteiger partial charge in [-0.05, 0) is 41.3 Å². The molecule has 9 nitrogen and oxygen atoms in total. The standard InChI is InChI=1S/C22H28ClNO8S/c1-30-22-20(27)18(25)19(26)21(32-22)14-5-8-17(23)15(12-14)11-13-3-6-16(7-4-13)31-10-9-24-33(2,28)29/h3-8,12,18-22,24-27H,9-11H2,1-2H3/t18-,19-,20+,21+,22?/m1/s1. The van der Waals surface area contributed by atoms with Gasteiger partial charge in [-0.15, -0.1) is 0 Å². The van der Waals surface area contributed by atoms with Crippen LogP contribution in [0.5, 0.6) is 5.75 Å². The van der Waals surface area contributed by atoms with Crippen molar-refractivity contribution in [1.82, 2.24) is 4.72 Å². The number of methoxy groups -OCH3 is 1. The van der Waals surface area contributed by atoms with Crippen molar-refractivity contribution in [3.63, 3.8) is 0 Å². The van der Waals surface area contributed by atoms with Gasteiger partial charge in [-0.3, -0.25) is 0 Å². The van der Waals surface area contributed by atoms with E-state index in [9.17, 15) is 23.7 Å². The zero-order valence-corrected chi connectivity index (χ0v) is 19.8. The summed E-state index contributed by atoms with van der Waals surface area (Å²) in [6.07, 6.45) is -4.53. The average molecular weight is 502 g/mol. The molecule has 0 spiro atoms. The SMILES string of the molecule is COC1O[C@@H](c2ccc(Cl)c(Cc3ccc(OCCNS(C)(=O)=O)cc3)c2)[C@H](O)[C@@H](O)[C@@H]1O. The topological polar surface area (TPSA) is 135 Å². The number of benzene rings is 2. The molecule has 0 aromatic heterocycles. The van der Waals surface area contributed by atoms with Crippen LogP contribution in [0.4, 0.5) is 0 Å². The zero-order valence-electron chi connectivity index (χ0n) is 18.2. The van der Waals surface area contributed by atoms with Gasteiger partial charge in [0, 0.05) is 18.7 Å². The highest BCUT2D eigenvalue weighted by Gasteiger charge is 2.44. The average Bonchev–Trinajstić information content (AvgIpc) is 2.77. The van der Waals surface area contributed by atoms with Crippen molar-refractivity contribution < 1.29 is 37.9 Å². The van der Waals surface area contributed by atoms with E-state index in [1.807, 2.05) is 12.1 Å². The van der Waals surface area contributed by atoms with E-state index < -0.39 is 40.7 Å². The van der Waals surface area contributed by atoms with Crippen molar-refractivity contribution in [2.24, 2.45) is 0 Å². The molecular formula is C22H28ClNO8S. The van der Waals surface area contributed by atoms with Gasteiger partial charge in [-0.1, -0.05) is 35.9 Å². The number of rotatable bonds is 9. The molecule has 4 N–H and O–H groups in total. The number of aliphatic hydroxyl groups excluding tert-OH is 3. The summed E-state index contributed by atoms with van der Waals surface area (Å²) in [5, 5.41) is 31.1. The summed E-state index contributed by atoms with van der Waals surface area (Å²) in [5.74, 6) is 0.603. The van der Waals surface area contributed by atoms with E-state index in [1.165, 1.54) is 7.11 Å². The van der Waals surface area contributed by atoms with Gasteiger partial charge in [0.2, 0.25) is 10.0 Å². The fourth-order valence-corrected chi connectivity index (χ4v) is 4.18. The summed E-state index contributed by atoms with van der Waals surface area (Å²) >= 11 is 6.38. The number of nitrogens with one attached hydrogen (secondary N) is 1. The molecule has 0 aliphatic carbocycles. The number of sulfonamides is 1. The number of halogens is 1. The summed E-state index contributed by atoms with van der Waals surface area (Å²) in [4.78, 5) is 0. The van der Waals surface area contributed by atoms with E-state index in [0.29, 0.717) is 22.8 Å². The lowest BCUT2D eigenvalue weighted by atomic mass is 9.92. The molecule has 0 amide bonds. The minimum Gasteiger partial charge on any atom is -0.492 e. The molecule has 2 aromatic carbocycles. The second kappa shape index (κ2) is 11.1. The van der Waals surface area contributed by atoms with Crippen LogP contribution >= 0.6 is 11.6 Å². The van der Waals surface area contributed by atoms with Crippen molar-refractivity contribution in [2.75, 3.05) is 26.5 Å². The molecule has 0 saturated carbocycles. The summed E-state index contributed by atoms with van der Waals surface area (Å²) in [7, 11) is -1.90. The Morgan fingerprint density at radius 1 is 1.06 bits per heavy atom. The fourth-order valence-electron chi connectivity index (χ4n) is 3.54. The summed E-state index contributed by atoms with van der Waals surface area (Å²) < 4.78 is 40.7. The summed E-state index contributed by atoms with van der Waals surface area (Å²) in [5.41, 5.74) is 2.32. The van der Waals surface area contributed by atoms with Gasteiger partial charge in [-0.2, -0.15) is 0 Å². The monoisotopic (exact) mass is 501 g/mol. The third-order valence-electron chi connectivity index (χ3n) is 5.25. The van der Waals surface area contributed by atoms with Gasteiger partial charge in [0.25, 0.3) is 0 Å². The van der Waals surface area contributed by atoms with Crippen LogP contribution in [0.2, 0.25) is 5.02 Å². The van der Waals surface area contributed by atoms with Crippen LogP contribution in [-0.4, -0.2) is 74.9 Å². The Kier molecular flexibility index (Phi) is 8.70. The molecule has 2 aromatic rings. The summed E-state index contributed by atoms with van der Waals surface area (Å²) in [6, 6.07) is 12.5. The van der Waals surface area contributed by atoms with Gasteiger partial charge in [0.1, 0.15) is 36.8 Å². The first-order valence-corrected chi connectivity index (χ1v) is 12.5. The molecule has 1 saturated heterocycles. The third-order valence-corrected chi connectivity index (χ3v) is 6.35.